The number of anilines is 2. The zero-order valence-corrected chi connectivity index (χ0v) is 22.7. The molecule has 6 rings (SSSR count). The second-order valence-corrected chi connectivity index (χ2v) is 10.3. The van der Waals surface area contributed by atoms with E-state index < -0.39 is 6.10 Å². The van der Waals surface area contributed by atoms with Crippen LogP contribution in [0.4, 0.5) is 11.6 Å². The Balaban J connectivity index is 1.21. The average Bonchev–Trinajstić information content (AvgIpc) is 3.62. The van der Waals surface area contributed by atoms with Crippen LogP contribution in [0.5, 0.6) is 0 Å². The van der Waals surface area contributed by atoms with Gasteiger partial charge < -0.3 is 30.3 Å². The molecule has 0 unspecified atom stereocenters. The lowest BCUT2D eigenvalue weighted by Crippen LogP contribution is -2.46. The van der Waals surface area contributed by atoms with E-state index in [1.54, 1.807) is 36.5 Å². The summed E-state index contributed by atoms with van der Waals surface area (Å²) in [5, 5.41) is 14.4. The van der Waals surface area contributed by atoms with Crippen molar-refractivity contribution in [2.24, 2.45) is 0 Å². The van der Waals surface area contributed by atoms with Crippen molar-refractivity contribution >= 4 is 34.4 Å². The number of piperazine rings is 1. The van der Waals surface area contributed by atoms with Gasteiger partial charge in [-0.1, -0.05) is 23.7 Å². The Morgan fingerprint density at radius 3 is 2.67 bits per heavy atom. The molecule has 0 aliphatic carbocycles. The standard InChI is InChI=1S/C28H30ClN9O2/c1-17-24-26(36-28(33-17)38-12-10-37(11-13-38)16-20-6-3-8-30-20)35-25(34-24)23-21(7-9-31-27(23)40)32-15-22(39)18-4-2-5-19(29)14-18/h2-9,14,22,30,39H,10-13,15-16H2,1H3,(H2,31,32,40)(H,33,34,35,36)/t22-/m1/s1. The van der Waals surface area contributed by atoms with Gasteiger partial charge in [-0.2, -0.15) is 4.98 Å². The van der Waals surface area contributed by atoms with Gasteiger partial charge in [0.1, 0.15) is 16.9 Å². The highest BCUT2D eigenvalue weighted by atomic mass is 35.5. The van der Waals surface area contributed by atoms with Crippen molar-refractivity contribution in [1.82, 2.24) is 34.8 Å². The normalized spacial score (nSPS) is 15.0. The van der Waals surface area contributed by atoms with Crippen molar-refractivity contribution in [2.45, 2.75) is 19.6 Å². The van der Waals surface area contributed by atoms with Gasteiger partial charge >= 0.3 is 0 Å². The molecule has 11 nitrogen and oxygen atoms in total. The molecule has 0 spiro atoms. The summed E-state index contributed by atoms with van der Waals surface area (Å²) in [7, 11) is 0. The van der Waals surface area contributed by atoms with E-state index in [4.69, 9.17) is 26.6 Å². The van der Waals surface area contributed by atoms with E-state index in [0.717, 1.165) is 38.4 Å². The molecule has 12 heteroatoms. The summed E-state index contributed by atoms with van der Waals surface area (Å²) in [6, 6.07) is 12.9. The van der Waals surface area contributed by atoms with Crippen LogP contribution in [-0.2, 0) is 6.54 Å². The molecule has 1 aliphatic heterocycles. The van der Waals surface area contributed by atoms with Crippen LogP contribution in [0.25, 0.3) is 22.6 Å². The number of imidazole rings is 1. The van der Waals surface area contributed by atoms with E-state index in [0.29, 0.717) is 44.8 Å². The molecule has 5 N–H and O–H groups in total. The fraction of sp³-hybridized carbons (Fsp3) is 0.286. The van der Waals surface area contributed by atoms with E-state index in [-0.39, 0.29) is 12.1 Å². The Morgan fingerprint density at radius 1 is 1.05 bits per heavy atom. The molecular weight excluding hydrogens is 530 g/mol. The fourth-order valence-corrected chi connectivity index (χ4v) is 5.19. The summed E-state index contributed by atoms with van der Waals surface area (Å²) in [4.78, 5) is 40.9. The maximum Gasteiger partial charge on any atom is 0.261 e. The van der Waals surface area contributed by atoms with E-state index >= 15 is 0 Å². The number of aliphatic hydroxyl groups excluding tert-OH is 1. The number of nitrogens with one attached hydrogen (secondary N) is 4. The Morgan fingerprint density at radius 2 is 1.90 bits per heavy atom. The van der Waals surface area contributed by atoms with Crippen LogP contribution in [0.2, 0.25) is 5.02 Å². The molecule has 1 saturated heterocycles. The third kappa shape index (κ3) is 5.44. The van der Waals surface area contributed by atoms with Gasteiger partial charge in [0.2, 0.25) is 5.95 Å². The first-order valence-electron chi connectivity index (χ1n) is 13.2. The Kier molecular flexibility index (Phi) is 7.25. The minimum Gasteiger partial charge on any atom is -0.387 e. The molecule has 1 aromatic carbocycles. The smallest absolute Gasteiger partial charge is 0.261 e. The number of hydrogen-bond acceptors (Lipinski definition) is 8. The van der Waals surface area contributed by atoms with Crippen molar-refractivity contribution in [3.8, 4) is 11.4 Å². The third-order valence-corrected chi connectivity index (χ3v) is 7.38. The molecule has 1 aliphatic rings. The molecule has 206 valence electrons. The summed E-state index contributed by atoms with van der Waals surface area (Å²) in [5.41, 5.74) is 4.37. The predicted molar refractivity (Wildman–Crippen MR) is 156 cm³/mol. The van der Waals surface area contributed by atoms with Crippen molar-refractivity contribution in [3.05, 3.63) is 87.2 Å². The number of pyridine rings is 1. The maximum absolute atomic E-state index is 12.9. The molecule has 5 aromatic rings. The zero-order valence-electron chi connectivity index (χ0n) is 22.0. The SMILES string of the molecule is Cc1nc(N2CCN(Cc3ccc[nH]3)CC2)nc2nc(-c3c(NC[C@@H](O)c4cccc(Cl)c4)cc[nH]c3=O)[nH]c12. The maximum atomic E-state index is 12.9. The van der Waals surface area contributed by atoms with Gasteiger partial charge in [-0.15, -0.1) is 0 Å². The lowest BCUT2D eigenvalue weighted by molar-refractivity contribution is 0.191. The molecule has 0 amide bonds. The molecular formula is C28H30ClN9O2. The summed E-state index contributed by atoms with van der Waals surface area (Å²) >= 11 is 6.07. The molecule has 4 aromatic heterocycles. The van der Waals surface area contributed by atoms with Crippen LogP contribution < -0.4 is 15.8 Å². The number of benzene rings is 1. The zero-order chi connectivity index (χ0) is 27.6. The first-order chi connectivity index (χ1) is 19.4. The van der Waals surface area contributed by atoms with Gasteiger partial charge in [-0.3, -0.25) is 9.69 Å². The Bertz CT molecular complexity index is 1670. The summed E-state index contributed by atoms with van der Waals surface area (Å²) in [5.74, 6) is 1.01. The number of hydrogen-bond donors (Lipinski definition) is 5. The lowest BCUT2D eigenvalue weighted by atomic mass is 10.1. The number of halogens is 1. The van der Waals surface area contributed by atoms with Crippen molar-refractivity contribution in [1.29, 1.82) is 0 Å². The third-order valence-electron chi connectivity index (χ3n) is 7.15. The van der Waals surface area contributed by atoms with Gasteiger partial charge in [-0.05, 0) is 42.8 Å². The average molecular weight is 560 g/mol. The second-order valence-electron chi connectivity index (χ2n) is 9.90. The Hall–Kier alpha value is -4.19. The van der Waals surface area contributed by atoms with Gasteiger partial charge in [-0.25, -0.2) is 9.97 Å². The van der Waals surface area contributed by atoms with E-state index in [1.807, 2.05) is 19.2 Å². The number of aryl methyl sites for hydroxylation is 1. The second kappa shape index (κ2) is 11.1. The van der Waals surface area contributed by atoms with E-state index in [9.17, 15) is 9.90 Å². The fourth-order valence-electron chi connectivity index (χ4n) is 4.99. The summed E-state index contributed by atoms with van der Waals surface area (Å²) < 4.78 is 0. The van der Waals surface area contributed by atoms with Crippen molar-refractivity contribution in [3.63, 3.8) is 0 Å². The number of fused-ring (bicyclic) bond motifs is 1. The molecule has 0 radical (unpaired) electrons. The first-order valence-corrected chi connectivity index (χ1v) is 13.6. The van der Waals surface area contributed by atoms with Crippen LogP contribution in [-0.4, -0.2) is 72.6 Å². The van der Waals surface area contributed by atoms with Gasteiger partial charge in [0.05, 0.1) is 17.5 Å². The predicted octanol–water partition coefficient (Wildman–Crippen LogP) is 3.47. The van der Waals surface area contributed by atoms with Gasteiger partial charge in [0.15, 0.2) is 5.65 Å². The number of aromatic amines is 3. The highest BCUT2D eigenvalue weighted by Crippen LogP contribution is 2.27. The Labute approximate surface area is 235 Å². The van der Waals surface area contributed by atoms with Crippen LogP contribution >= 0.6 is 11.6 Å². The number of aliphatic hydroxyl groups is 1. The summed E-state index contributed by atoms with van der Waals surface area (Å²) in [6.45, 7) is 6.40. The van der Waals surface area contributed by atoms with Gasteiger partial charge in [0, 0.05) is 62.4 Å². The highest BCUT2D eigenvalue weighted by Gasteiger charge is 2.22. The lowest BCUT2D eigenvalue weighted by Gasteiger charge is -2.34. The van der Waals surface area contributed by atoms with Crippen LogP contribution in [0, 0.1) is 6.92 Å². The van der Waals surface area contributed by atoms with Crippen LogP contribution in [0.15, 0.2) is 59.7 Å². The van der Waals surface area contributed by atoms with E-state index in [2.05, 4.69) is 36.1 Å². The van der Waals surface area contributed by atoms with Crippen molar-refractivity contribution < 1.29 is 5.11 Å². The van der Waals surface area contributed by atoms with Crippen LogP contribution in [0.3, 0.4) is 0 Å². The number of aromatic nitrogens is 6. The minimum absolute atomic E-state index is 0.176. The first kappa shape index (κ1) is 26.1. The van der Waals surface area contributed by atoms with Crippen molar-refractivity contribution in [2.75, 3.05) is 42.9 Å². The molecule has 0 saturated carbocycles. The number of H-pyrrole nitrogens is 3. The molecule has 5 heterocycles. The summed E-state index contributed by atoms with van der Waals surface area (Å²) in [6.07, 6.45) is 2.68. The number of rotatable bonds is 8. The molecule has 1 fully saturated rings. The molecule has 0 bridgehead atoms. The number of nitrogens with zero attached hydrogens (tertiary/aromatic N) is 5. The van der Waals surface area contributed by atoms with Crippen LogP contribution in [0.1, 0.15) is 23.1 Å². The molecule has 40 heavy (non-hydrogen) atoms. The monoisotopic (exact) mass is 559 g/mol. The minimum atomic E-state index is -0.819. The topological polar surface area (TPSA) is 142 Å². The quantitative estimate of drug-likeness (QED) is 0.194. The molecule has 1 atom stereocenters. The van der Waals surface area contributed by atoms with Gasteiger partial charge in [0.25, 0.3) is 5.56 Å². The largest absolute Gasteiger partial charge is 0.387 e. The van der Waals surface area contributed by atoms with E-state index in [1.165, 1.54) is 5.69 Å². The highest BCUT2D eigenvalue weighted by molar-refractivity contribution is 6.30.